The van der Waals surface area contributed by atoms with Gasteiger partial charge in [0.2, 0.25) is 0 Å². The van der Waals surface area contributed by atoms with Crippen molar-refractivity contribution in [2.75, 3.05) is 0 Å². The molecule has 0 amide bonds. The number of carboxylic acids is 1. The summed E-state index contributed by atoms with van der Waals surface area (Å²) < 4.78 is 0. The van der Waals surface area contributed by atoms with Gasteiger partial charge in [0.1, 0.15) is 5.69 Å². The number of azo groups is 1. The number of aromatic carboxylic acids is 1. The average molecular weight is 351 g/mol. The van der Waals surface area contributed by atoms with Crippen molar-refractivity contribution >= 4 is 28.4 Å². The van der Waals surface area contributed by atoms with E-state index in [9.17, 15) is 4.79 Å². The molecule has 1 N–H and O–H groups in total. The molecule has 3 rings (SSSR count). The van der Waals surface area contributed by atoms with E-state index in [1.165, 1.54) is 0 Å². The van der Waals surface area contributed by atoms with Gasteiger partial charge in [0.25, 0.3) is 0 Å². The molecule has 1 aromatic carbocycles. The van der Waals surface area contributed by atoms with Crippen LogP contribution in [0.15, 0.2) is 58.9 Å². The number of aromatic nitrogens is 2. The van der Waals surface area contributed by atoms with Crippen molar-refractivity contribution in [2.45, 2.75) is 6.92 Å². The maximum Gasteiger partial charge on any atom is 0.337 e. The second-order valence-corrected chi connectivity index (χ2v) is 4.66. The second-order valence-electron chi connectivity index (χ2n) is 4.66. The summed E-state index contributed by atoms with van der Waals surface area (Å²) in [4.78, 5) is 19.6. The molecule has 0 radical (unpaired) electrons. The summed E-state index contributed by atoms with van der Waals surface area (Å²) in [5.74, 6) is -0.495. The zero-order valence-electron chi connectivity index (χ0n) is 12.1. The maximum absolute atomic E-state index is 11.2. The molecule has 7 heteroatoms. The number of carboxylic acid groups (broad SMARTS) is 1. The number of pyridine rings is 2. The first kappa shape index (κ1) is 16.7. The third-order valence-corrected chi connectivity index (χ3v) is 3.15. The van der Waals surface area contributed by atoms with Crippen molar-refractivity contribution in [2.24, 2.45) is 10.2 Å². The van der Waals surface area contributed by atoms with Gasteiger partial charge in [-0.25, -0.2) is 14.8 Å². The Bertz CT molecular complexity index is 882. The van der Waals surface area contributed by atoms with Gasteiger partial charge < -0.3 is 5.11 Å². The number of benzene rings is 1. The van der Waals surface area contributed by atoms with Crippen LogP contribution in [0.25, 0.3) is 10.9 Å². The van der Waals surface area contributed by atoms with Crippen molar-refractivity contribution in [3.8, 4) is 0 Å². The first-order valence-corrected chi connectivity index (χ1v) is 6.61. The largest absolute Gasteiger partial charge is 0.478 e. The molecule has 0 fully saturated rings. The third-order valence-electron chi connectivity index (χ3n) is 3.15. The van der Waals surface area contributed by atoms with Gasteiger partial charge in [-0.05, 0) is 31.2 Å². The summed E-state index contributed by atoms with van der Waals surface area (Å²) in [6.45, 7) is 1.66. The van der Waals surface area contributed by atoms with Gasteiger partial charge in [-0.3, -0.25) is 0 Å². The Morgan fingerprint density at radius 1 is 1.13 bits per heavy atom. The molecule has 3 aromatic rings. The summed E-state index contributed by atoms with van der Waals surface area (Å²) in [5.41, 5.74) is 1.82. The molecule has 0 saturated heterocycles. The van der Waals surface area contributed by atoms with Gasteiger partial charge in [-0.15, -0.1) is 10.2 Å². The molecule has 0 unspecified atom stereocenters. The molecule has 2 heterocycles. The van der Waals surface area contributed by atoms with Crippen LogP contribution in [0, 0.1) is 6.92 Å². The molecule has 23 heavy (non-hydrogen) atoms. The second kappa shape index (κ2) is 7.07. The van der Waals surface area contributed by atoms with Crippen LogP contribution in [0.5, 0.6) is 0 Å². The van der Waals surface area contributed by atoms with Crippen molar-refractivity contribution in [3.05, 3.63) is 59.9 Å². The number of rotatable bonds is 3. The standard InChI is InChI=1S/C16H12N4O2.Ni/c1-10-12(16(21)22)9-11-5-4-6-13(15(11)18-10)19-20-14-7-2-3-8-17-14;/h2-9H,1H3,(H,21,22);. The molecule has 118 valence electrons. The minimum absolute atomic E-state index is 0. The summed E-state index contributed by atoms with van der Waals surface area (Å²) in [7, 11) is 0. The first-order chi connectivity index (χ1) is 10.6. The number of hydrogen-bond donors (Lipinski definition) is 1. The summed E-state index contributed by atoms with van der Waals surface area (Å²) in [5, 5.41) is 18.1. The van der Waals surface area contributed by atoms with E-state index in [1.807, 2.05) is 6.07 Å². The molecule has 0 aliphatic rings. The van der Waals surface area contributed by atoms with E-state index in [0.717, 1.165) is 0 Å². The number of aryl methyl sites for hydroxylation is 1. The Morgan fingerprint density at radius 3 is 2.65 bits per heavy atom. The van der Waals surface area contributed by atoms with Gasteiger partial charge in [0, 0.05) is 28.1 Å². The zero-order chi connectivity index (χ0) is 15.5. The van der Waals surface area contributed by atoms with Crippen molar-refractivity contribution in [3.63, 3.8) is 0 Å². The van der Waals surface area contributed by atoms with Crippen LogP contribution in [0.3, 0.4) is 0 Å². The summed E-state index contributed by atoms with van der Waals surface area (Å²) in [6, 6.07) is 12.3. The molecule has 2 aromatic heterocycles. The van der Waals surface area contributed by atoms with Crippen LogP contribution in [-0.4, -0.2) is 21.0 Å². The summed E-state index contributed by atoms with van der Waals surface area (Å²) in [6.07, 6.45) is 1.64. The molecule has 0 atom stereocenters. The smallest absolute Gasteiger partial charge is 0.337 e. The number of hydrogen-bond acceptors (Lipinski definition) is 5. The number of fused-ring (bicyclic) bond motifs is 1. The third kappa shape index (κ3) is 3.57. The van der Waals surface area contributed by atoms with Crippen LogP contribution in [0.1, 0.15) is 16.1 Å². The number of carbonyl (C=O) groups is 1. The predicted octanol–water partition coefficient (Wildman–Crippen LogP) is 4.05. The molecular weight excluding hydrogens is 339 g/mol. The Kier molecular flexibility index (Phi) is 5.14. The van der Waals surface area contributed by atoms with Crippen LogP contribution >= 0.6 is 0 Å². The van der Waals surface area contributed by atoms with E-state index in [1.54, 1.807) is 49.5 Å². The summed E-state index contributed by atoms with van der Waals surface area (Å²) >= 11 is 0. The van der Waals surface area contributed by atoms with Crippen molar-refractivity contribution in [1.29, 1.82) is 0 Å². The number of nitrogens with zero attached hydrogens (tertiary/aromatic N) is 4. The van der Waals surface area contributed by atoms with E-state index >= 15 is 0 Å². The first-order valence-electron chi connectivity index (χ1n) is 6.61. The van der Waals surface area contributed by atoms with E-state index in [0.29, 0.717) is 28.1 Å². The van der Waals surface area contributed by atoms with E-state index in [-0.39, 0.29) is 22.1 Å². The monoisotopic (exact) mass is 350 g/mol. The quantitative estimate of drug-likeness (QED) is 0.570. The molecular formula is C16H12N4NiO2. The zero-order valence-corrected chi connectivity index (χ0v) is 13.1. The van der Waals surface area contributed by atoms with E-state index < -0.39 is 5.97 Å². The van der Waals surface area contributed by atoms with Crippen LogP contribution < -0.4 is 0 Å². The Balaban J connectivity index is 0.00000192. The molecule has 0 bridgehead atoms. The van der Waals surface area contributed by atoms with Crippen LogP contribution in [0.4, 0.5) is 11.5 Å². The minimum atomic E-state index is -0.993. The SMILES string of the molecule is Cc1nc2c(N=Nc3ccccn3)cccc2cc1C(=O)O.[Ni]. The van der Waals surface area contributed by atoms with E-state index in [2.05, 4.69) is 20.2 Å². The Labute approximate surface area is 142 Å². The van der Waals surface area contributed by atoms with Crippen LogP contribution in [-0.2, 0) is 16.5 Å². The molecule has 0 aliphatic heterocycles. The number of para-hydroxylation sites is 1. The maximum atomic E-state index is 11.2. The predicted molar refractivity (Wildman–Crippen MR) is 81.9 cm³/mol. The molecule has 6 nitrogen and oxygen atoms in total. The average Bonchev–Trinajstić information content (AvgIpc) is 2.53. The Morgan fingerprint density at radius 2 is 1.96 bits per heavy atom. The fourth-order valence-electron chi connectivity index (χ4n) is 2.09. The normalized spacial score (nSPS) is 10.7. The Hall–Kier alpha value is -2.66. The van der Waals surface area contributed by atoms with Crippen LogP contribution in [0.2, 0.25) is 0 Å². The van der Waals surface area contributed by atoms with Crippen molar-refractivity contribution in [1.82, 2.24) is 9.97 Å². The molecule has 0 saturated carbocycles. The van der Waals surface area contributed by atoms with Gasteiger partial charge in [0.05, 0.1) is 16.8 Å². The fraction of sp³-hybridized carbons (Fsp3) is 0.0625. The molecule has 0 aliphatic carbocycles. The van der Waals surface area contributed by atoms with Gasteiger partial charge in [-0.2, -0.15) is 0 Å². The van der Waals surface area contributed by atoms with Crippen molar-refractivity contribution < 1.29 is 26.4 Å². The van der Waals surface area contributed by atoms with Gasteiger partial charge in [-0.1, -0.05) is 18.2 Å². The fourth-order valence-corrected chi connectivity index (χ4v) is 2.09. The van der Waals surface area contributed by atoms with Gasteiger partial charge >= 0.3 is 5.97 Å². The van der Waals surface area contributed by atoms with E-state index in [4.69, 9.17) is 5.11 Å². The minimum Gasteiger partial charge on any atom is -0.478 e. The topological polar surface area (TPSA) is 87.8 Å². The van der Waals surface area contributed by atoms with Gasteiger partial charge in [0.15, 0.2) is 5.82 Å². The molecule has 0 spiro atoms.